The number of nitrogens with zero attached hydrogens (tertiary/aromatic N) is 1. The summed E-state index contributed by atoms with van der Waals surface area (Å²) >= 11 is 2.27. The van der Waals surface area contributed by atoms with Gasteiger partial charge in [-0.2, -0.15) is 5.26 Å². The van der Waals surface area contributed by atoms with Crippen LogP contribution in [0.25, 0.3) is 0 Å². The summed E-state index contributed by atoms with van der Waals surface area (Å²) in [5.74, 6) is 0. The summed E-state index contributed by atoms with van der Waals surface area (Å²) < 4.78 is 6.76. The summed E-state index contributed by atoms with van der Waals surface area (Å²) in [5.41, 5.74) is 0.973. The Bertz CT molecular complexity index is 403. The van der Waals surface area contributed by atoms with Crippen LogP contribution in [-0.4, -0.2) is 18.4 Å². The highest BCUT2D eigenvalue weighted by Crippen LogP contribution is 2.09. The molecule has 1 aromatic carbocycles. The molecule has 1 rings (SSSR count). The van der Waals surface area contributed by atoms with Crippen LogP contribution in [0.5, 0.6) is 0 Å². The summed E-state index contributed by atoms with van der Waals surface area (Å²) in [7, 11) is 0. The largest absolute Gasteiger partial charge is 0.361 e. The fourth-order valence-electron chi connectivity index (χ4n) is 1.38. The van der Waals surface area contributed by atoms with Crippen molar-refractivity contribution in [2.75, 3.05) is 6.73 Å². The molecule has 0 bridgehead atoms. The van der Waals surface area contributed by atoms with E-state index in [1.54, 1.807) is 0 Å². The molecule has 0 spiro atoms. The summed E-state index contributed by atoms with van der Waals surface area (Å²) in [6.07, 6.45) is 0.695. The van der Waals surface area contributed by atoms with E-state index in [0.29, 0.717) is 13.2 Å². The van der Waals surface area contributed by atoms with Gasteiger partial charge in [0, 0.05) is 9.99 Å². The van der Waals surface area contributed by atoms with Crippen LogP contribution in [0.3, 0.4) is 0 Å². The molecule has 1 aromatic rings. The molecule has 0 radical (unpaired) electrons. The fourth-order valence-corrected chi connectivity index (χ4v) is 1.74. The van der Waals surface area contributed by atoms with E-state index in [4.69, 9.17) is 10.00 Å². The quantitative estimate of drug-likeness (QED) is 0.650. The van der Waals surface area contributed by atoms with Gasteiger partial charge in [-0.15, -0.1) is 0 Å². The predicted octanol–water partition coefficient (Wildman–Crippen LogP) is 3.09. The van der Waals surface area contributed by atoms with Gasteiger partial charge >= 0.3 is 0 Å². The number of hydrogen-bond donors (Lipinski definition) is 1. The molecule has 98 valence electrons. The Hall–Kier alpha value is -0.640. The molecule has 18 heavy (non-hydrogen) atoms. The van der Waals surface area contributed by atoms with Gasteiger partial charge < -0.3 is 4.74 Å². The second-order valence-electron chi connectivity index (χ2n) is 5.12. The van der Waals surface area contributed by atoms with Crippen molar-refractivity contribution in [2.45, 2.75) is 38.8 Å². The molecule has 0 aromatic heterocycles. The van der Waals surface area contributed by atoms with Crippen LogP contribution >= 0.6 is 22.6 Å². The number of halogens is 1. The standard InChI is InChI=1S/C14H19IN2O/c1-14(2,3)18-10-17-13(9-16)8-11-4-6-12(15)7-5-11/h4-7,13,17H,8,10H2,1-3H3/t13-/m0/s1. The minimum absolute atomic E-state index is 0.185. The molecule has 0 aliphatic rings. The summed E-state index contributed by atoms with van der Waals surface area (Å²) in [6, 6.07) is 10.3. The van der Waals surface area contributed by atoms with Gasteiger partial charge in [-0.25, -0.2) is 0 Å². The number of rotatable bonds is 5. The zero-order valence-corrected chi connectivity index (χ0v) is 13.2. The monoisotopic (exact) mass is 358 g/mol. The first-order valence-corrected chi connectivity index (χ1v) is 7.00. The highest BCUT2D eigenvalue weighted by atomic mass is 127. The van der Waals surface area contributed by atoms with E-state index in [-0.39, 0.29) is 11.6 Å². The van der Waals surface area contributed by atoms with Crippen LogP contribution in [-0.2, 0) is 11.2 Å². The van der Waals surface area contributed by atoms with Gasteiger partial charge in [0.15, 0.2) is 0 Å². The van der Waals surface area contributed by atoms with Gasteiger partial charge in [0.1, 0.15) is 6.04 Å². The van der Waals surface area contributed by atoms with Crippen LogP contribution in [0.15, 0.2) is 24.3 Å². The van der Waals surface area contributed by atoms with E-state index < -0.39 is 0 Å². The third-order valence-corrected chi connectivity index (χ3v) is 3.06. The van der Waals surface area contributed by atoms with E-state index >= 15 is 0 Å². The molecule has 0 unspecified atom stereocenters. The molecule has 0 saturated heterocycles. The number of nitrogens with one attached hydrogen (secondary N) is 1. The number of hydrogen-bond acceptors (Lipinski definition) is 3. The lowest BCUT2D eigenvalue weighted by Crippen LogP contribution is -2.35. The normalized spacial score (nSPS) is 13.1. The lowest BCUT2D eigenvalue weighted by molar-refractivity contribution is -0.0151. The topological polar surface area (TPSA) is 45.0 Å². The Kier molecular flexibility index (Phi) is 6.06. The maximum absolute atomic E-state index is 9.10. The van der Waals surface area contributed by atoms with Crippen molar-refractivity contribution >= 4 is 22.6 Å². The fraction of sp³-hybridized carbons (Fsp3) is 0.500. The third-order valence-electron chi connectivity index (χ3n) is 2.34. The number of benzene rings is 1. The SMILES string of the molecule is CC(C)(C)OCN[C@H](C#N)Cc1ccc(I)cc1. The molecule has 3 nitrogen and oxygen atoms in total. The highest BCUT2D eigenvalue weighted by Gasteiger charge is 2.12. The Labute approximate surface area is 123 Å². The lowest BCUT2D eigenvalue weighted by atomic mass is 10.1. The predicted molar refractivity (Wildman–Crippen MR) is 81.1 cm³/mol. The van der Waals surface area contributed by atoms with Gasteiger partial charge in [-0.05, 0) is 61.1 Å². The zero-order chi connectivity index (χ0) is 13.6. The van der Waals surface area contributed by atoms with Crippen molar-refractivity contribution in [3.8, 4) is 6.07 Å². The van der Waals surface area contributed by atoms with Crippen molar-refractivity contribution in [3.05, 3.63) is 33.4 Å². The van der Waals surface area contributed by atoms with E-state index in [2.05, 4.69) is 58.2 Å². The average molecular weight is 358 g/mol. The van der Waals surface area contributed by atoms with Crippen LogP contribution in [0.2, 0.25) is 0 Å². The van der Waals surface area contributed by atoms with Crippen molar-refractivity contribution < 1.29 is 4.74 Å². The van der Waals surface area contributed by atoms with Gasteiger partial charge in [0.25, 0.3) is 0 Å². The van der Waals surface area contributed by atoms with Crippen LogP contribution in [0, 0.1) is 14.9 Å². The lowest BCUT2D eigenvalue weighted by Gasteiger charge is -2.21. The van der Waals surface area contributed by atoms with Crippen molar-refractivity contribution in [2.24, 2.45) is 0 Å². The highest BCUT2D eigenvalue weighted by molar-refractivity contribution is 14.1. The van der Waals surface area contributed by atoms with Crippen molar-refractivity contribution in [1.82, 2.24) is 5.32 Å². The Morgan fingerprint density at radius 1 is 1.33 bits per heavy atom. The molecule has 4 heteroatoms. The van der Waals surface area contributed by atoms with Crippen molar-refractivity contribution in [3.63, 3.8) is 0 Å². The Morgan fingerprint density at radius 3 is 2.44 bits per heavy atom. The molecule has 0 amide bonds. The van der Waals surface area contributed by atoms with E-state index in [1.807, 2.05) is 20.8 Å². The second-order valence-corrected chi connectivity index (χ2v) is 6.36. The maximum atomic E-state index is 9.10. The Balaban J connectivity index is 2.43. The van der Waals surface area contributed by atoms with Gasteiger partial charge in [0.05, 0.1) is 18.4 Å². The first-order chi connectivity index (χ1) is 8.40. The Morgan fingerprint density at radius 2 is 1.94 bits per heavy atom. The summed E-state index contributed by atoms with van der Waals surface area (Å²) in [4.78, 5) is 0. The molecular weight excluding hydrogens is 339 g/mol. The summed E-state index contributed by atoms with van der Waals surface area (Å²) in [5, 5.41) is 12.2. The van der Waals surface area contributed by atoms with Crippen LogP contribution < -0.4 is 5.32 Å². The molecule has 0 aliphatic heterocycles. The molecule has 0 heterocycles. The molecule has 0 saturated carbocycles. The minimum atomic E-state index is -0.215. The van der Waals surface area contributed by atoms with Gasteiger partial charge in [0.2, 0.25) is 0 Å². The third kappa shape index (κ3) is 6.34. The second kappa shape index (κ2) is 7.07. The first kappa shape index (κ1) is 15.4. The van der Waals surface area contributed by atoms with Gasteiger partial charge in [-0.1, -0.05) is 12.1 Å². The maximum Gasteiger partial charge on any atom is 0.101 e. The average Bonchev–Trinajstić information content (AvgIpc) is 2.29. The molecular formula is C14H19IN2O. The number of nitriles is 1. The van der Waals surface area contributed by atoms with E-state index in [9.17, 15) is 0 Å². The molecule has 0 aliphatic carbocycles. The van der Waals surface area contributed by atoms with E-state index in [0.717, 1.165) is 5.56 Å². The zero-order valence-electron chi connectivity index (χ0n) is 11.0. The first-order valence-electron chi connectivity index (χ1n) is 5.92. The van der Waals surface area contributed by atoms with Crippen LogP contribution in [0.4, 0.5) is 0 Å². The van der Waals surface area contributed by atoms with Gasteiger partial charge in [-0.3, -0.25) is 5.32 Å². The van der Waals surface area contributed by atoms with Crippen molar-refractivity contribution in [1.29, 1.82) is 5.26 Å². The van der Waals surface area contributed by atoms with E-state index in [1.165, 1.54) is 3.57 Å². The molecule has 0 fully saturated rings. The minimum Gasteiger partial charge on any atom is -0.361 e. The number of ether oxygens (including phenoxy) is 1. The molecule has 1 atom stereocenters. The molecule has 1 N–H and O–H groups in total. The smallest absolute Gasteiger partial charge is 0.101 e. The van der Waals surface area contributed by atoms with Crippen LogP contribution in [0.1, 0.15) is 26.3 Å². The summed E-state index contributed by atoms with van der Waals surface area (Å²) in [6.45, 7) is 6.38.